The summed E-state index contributed by atoms with van der Waals surface area (Å²) >= 11 is 0. The number of likely N-dealkylation sites (tertiary alicyclic amines) is 1. The van der Waals surface area contributed by atoms with Crippen molar-refractivity contribution in [3.8, 4) is 5.75 Å². The first-order chi connectivity index (χ1) is 12.6. The maximum Gasteiger partial charge on any atom is 0.394 e. The lowest BCUT2D eigenvalue weighted by Crippen LogP contribution is -2.51. The maximum absolute atomic E-state index is 12.6. The molecule has 3 rings (SSSR count). The number of carboxylic acids is 1. The highest BCUT2D eigenvalue weighted by Gasteiger charge is 2.36. The number of carbonyl (C=O) groups is 1. The summed E-state index contributed by atoms with van der Waals surface area (Å²) in [5, 5.41) is 8.97. The van der Waals surface area contributed by atoms with E-state index in [0.717, 1.165) is 31.0 Å². The summed E-state index contributed by atoms with van der Waals surface area (Å²) in [4.78, 5) is 13.0. The summed E-state index contributed by atoms with van der Waals surface area (Å²) in [5.41, 5.74) is 3.37. The second-order valence-corrected chi connectivity index (χ2v) is 7.67. The quantitative estimate of drug-likeness (QED) is 0.811. The second-order valence-electron chi connectivity index (χ2n) is 7.67. The van der Waals surface area contributed by atoms with Crippen LogP contribution in [0.4, 0.5) is 13.2 Å². The highest BCUT2D eigenvalue weighted by molar-refractivity contribution is 5.71. The Balaban J connectivity index is 1.62. The number of alkyl halides is 3. The predicted octanol–water partition coefficient (Wildman–Crippen LogP) is 3.86. The van der Waals surface area contributed by atoms with Crippen LogP contribution < -0.4 is 4.74 Å². The normalized spacial score (nSPS) is 21.8. The molecule has 0 spiro atoms. The monoisotopic (exact) mass is 383 g/mol. The lowest BCUT2D eigenvalue weighted by molar-refractivity contribution is -0.176. The van der Waals surface area contributed by atoms with Gasteiger partial charge in [0.1, 0.15) is 5.75 Å². The van der Waals surface area contributed by atoms with Gasteiger partial charge in [0.05, 0.1) is 18.4 Å². The van der Waals surface area contributed by atoms with Crippen molar-refractivity contribution in [2.24, 2.45) is 17.8 Å². The van der Waals surface area contributed by atoms with E-state index in [-0.39, 0.29) is 5.92 Å². The number of benzene rings is 1. The number of halogens is 3. The molecule has 1 aromatic carbocycles. The minimum Gasteiger partial charge on any atom is -0.493 e. The minimum absolute atomic E-state index is 0.268. The molecule has 0 saturated carbocycles. The fourth-order valence-electron chi connectivity index (χ4n) is 3.42. The highest BCUT2D eigenvalue weighted by atomic mass is 19.4. The Morgan fingerprint density at radius 3 is 2.70 bits per heavy atom. The molecule has 27 heavy (non-hydrogen) atoms. The number of hydrogen-bond acceptors (Lipinski definition) is 3. The number of nitrogens with zero attached hydrogens (tertiary/aromatic N) is 1. The molecule has 1 heterocycles. The number of fused-ring (bicyclic) bond motifs is 1. The van der Waals surface area contributed by atoms with Crippen LogP contribution in [0.15, 0.2) is 23.8 Å². The third-order valence-corrected chi connectivity index (χ3v) is 5.39. The van der Waals surface area contributed by atoms with Gasteiger partial charge in [-0.15, -0.1) is 0 Å². The number of carboxylic acid groups (broad SMARTS) is 1. The zero-order valence-electron chi connectivity index (χ0n) is 15.4. The fourth-order valence-corrected chi connectivity index (χ4v) is 3.42. The number of hydrogen-bond donors (Lipinski definition) is 1. The van der Waals surface area contributed by atoms with E-state index < -0.39 is 24.7 Å². The fraction of sp³-hybridized carbons (Fsp3) is 0.550. The van der Waals surface area contributed by atoms with Crippen molar-refractivity contribution in [2.75, 3.05) is 26.2 Å². The lowest BCUT2D eigenvalue weighted by atomic mass is 9.83. The molecule has 7 heteroatoms. The van der Waals surface area contributed by atoms with Crippen LogP contribution in [-0.4, -0.2) is 48.4 Å². The first kappa shape index (κ1) is 19.7. The van der Waals surface area contributed by atoms with Crippen LogP contribution in [0.2, 0.25) is 0 Å². The summed E-state index contributed by atoms with van der Waals surface area (Å²) in [5.74, 6) is -1.76. The van der Waals surface area contributed by atoms with Gasteiger partial charge in [-0.2, -0.15) is 13.2 Å². The van der Waals surface area contributed by atoms with Gasteiger partial charge in [0, 0.05) is 19.6 Å². The van der Waals surface area contributed by atoms with E-state index in [9.17, 15) is 18.0 Å². The molecule has 1 aliphatic carbocycles. The molecule has 1 fully saturated rings. The topological polar surface area (TPSA) is 49.8 Å². The van der Waals surface area contributed by atoms with Crippen LogP contribution >= 0.6 is 0 Å². The molecule has 1 aromatic rings. The average molecular weight is 383 g/mol. The molecule has 0 radical (unpaired) electrons. The molecular formula is C20H24F3NO3. The number of ether oxygens (including phenoxy) is 1. The molecule has 4 nitrogen and oxygen atoms in total. The molecule has 1 aliphatic heterocycles. The van der Waals surface area contributed by atoms with Gasteiger partial charge in [-0.3, -0.25) is 9.69 Å². The summed E-state index contributed by atoms with van der Waals surface area (Å²) in [7, 11) is 0. The third-order valence-electron chi connectivity index (χ3n) is 5.39. The van der Waals surface area contributed by atoms with Gasteiger partial charge >= 0.3 is 12.1 Å². The van der Waals surface area contributed by atoms with Crippen molar-refractivity contribution < 1.29 is 27.8 Å². The smallest absolute Gasteiger partial charge is 0.394 e. The van der Waals surface area contributed by atoms with Crippen molar-refractivity contribution in [3.63, 3.8) is 0 Å². The second kappa shape index (κ2) is 7.54. The van der Waals surface area contributed by atoms with Crippen molar-refractivity contribution in [1.82, 2.24) is 4.90 Å². The van der Waals surface area contributed by atoms with Crippen LogP contribution in [0.5, 0.6) is 5.75 Å². The molecule has 1 N–H and O–H groups in total. The van der Waals surface area contributed by atoms with E-state index >= 15 is 0 Å². The summed E-state index contributed by atoms with van der Waals surface area (Å²) in [6.07, 6.45) is -1.35. The molecule has 148 valence electrons. The number of rotatable bonds is 6. The first-order valence-corrected chi connectivity index (χ1v) is 9.11. The molecule has 1 saturated heterocycles. The summed E-state index contributed by atoms with van der Waals surface area (Å²) < 4.78 is 43.1. The molecule has 0 amide bonds. The van der Waals surface area contributed by atoms with E-state index in [1.807, 2.05) is 12.1 Å². The van der Waals surface area contributed by atoms with Crippen LogP contribution in [-0.2, 0) is 11.2 Å². The predicted molar refractivity (Wildman–Crippen MR) is 95.6 cm³/mol. The Morgan fingerprint density at radius 1 is 1.37 bits per heavy atom. The Bertz CT molecular complexity index is 738. The van der Waals surface area contributed by atoms with Gasteiger partial charge in [0.25, 0.3) is 0 Å². The Kier molecular flexibility index (Phi) is 5.51. The van der Waals surface area contributed by atoms with Gasteiger partial charge in [0.2, 0.25) is 0 Å². The van der Waals surface area contributed by atoms with Crippen molar-refractivity contribution >= 4 is 12.0 Å². The van der Waals surface area contributed by atoms with Crippen LogP contribution in [0.25, 0.3) is 6.08 Å². The van der Waals surface area contributed by atoms with E-state index in [1.54, 1.807) is 6.07 Å². The summed E-state index contributed by atoms with van der Waals surface area (Å²) in [6.45, 7) is 4.75. The van der Waals surface area contributed by atoms with E-state index in [1.165, 1.54) is 5.57 Å². The van der Waals surface area contributed by atoms with Crippen LogP contribution in [0.1, 0.15) is 25.0 Å². The largest absolute Gasteiger partial charge is 0.493 e. The van der Waals surface area contributed by atoms with Gasteiger partial charge < -0.3 is 9.84 Å². The van der Waals surface area contributed by atoms with Gasteiger partial charge in [-0.05, 0) is 35.6 Å². The Hall–Kier alpha value is -2.02. The highest BCUT2D eigenvalue weighted by Crippen LogP contribution is 2.33. The van der Waals surface area contributed by atoms with E-state index in [4.69, 9.17) is 9.84 Å². The molecule has 2 atom stereocenters. The van der Waals surface area contributed by atoms with E-state index in [2.05, 4.69) is 17.9 Å². The van der Waals surface area contributed by atoms with Crippen LogP contribution in [0.3, 0.4) is 0 Å². The molecule has 0 bridgehead atoms. The van der Waals surface area contributed by atoms with Crippen molar-refractivity contribution in [3.05, 3.63) is 34.9 Å². The standard InChI is InChI=1S/C20H24F3NO3/c1-12-5-15-7-18(27-11-13(2)20(21,22)23)4-3-14(15)6-16(12)8-24-9-17(10-24)19(25)26/h3-4,6-7,12-13,17H,5,8-11H2,1-2H3,(H,25,26). The Labute approximate surface area is 156 Å². The van der Waals surface area contributed by atoms with Crippen molar-refractivity contribution in [2.45, 2.75) is 26.4 Å². The first-order valence-electron chi connectivity index (χ1n) is 9.11. The average Bonchev–Trinajstić information content (AvgIpc) is 2.54. The third kappa shape index (κ3) is 4.64. The SMILES string of the molecule is CC1Cc2cc(OCC(C)C(F)(F)F)ccc2C=C1CN1CC(C(=O)O)C1. The maximum atomic E-state index is 12.6. The Morgan fingerprint density at radius 2 is 2.07 bits per heavy atom. The lowest BCUT2D eigenvalue weighted by Gasteiger charge is -2.38. The van der Waals surface area contributed by atoms with Gasteiger partial charge in [-0.1, -0.05) is 31.6 Å². The van der Waals surface area contributed by atoms with Gasteiger partial charge in [-0.25, -0.2) is 0 Å². The van der Waals surface area contributed by atoms with Crippen molar-refractivity contribution in [1.29, 1.82) is 0 Å². The number of aliphatic carboxylic acids is 1. The minimum atomic E-state index is -4.25. The van der Waals surface area contributed by atoms with Crippen LogP contribution in [0, 0.1) is 17.8 Å². The van der Waals surface area contributed by atoms with E-state index in [0.29, 0.717) is 24.8 Å². The van der Waals surface area contributed by atoms with Gasteiger partial charge in [0.15, 0.2) is 0 Å². The molecule has 2 unspecified atom stereocenters. The zero-order valence-corrected chi connectivity index (χ0v) is 15.4. The molecule has 2 aliphatic rings. The molecular weight excluding hydrogens is 359 g/mol. The molecule has 0 aromatic heterocycles. The summed E-state index contributed by atoms with van der Waals surface area (Å²) in [6, 6.07) is 5.41. The zero-order chi connectivity index (χ0) is 19.8.